The minimum atomic E-state index is 0.426. The normalized spacial score (nSPS) is 13.0. The zero-order chi connectivity index (χ0) is 11.8. The molecule has 3 N–H and O–H groups in total. The minimum absolute atomic E-state index is 0.426. The van der Waals surface area contributed by atoms with Gasteiger partial charge in [0.1, 0.15) is 0 Å². The van der Waals surface area contributed by atoms with Crippen molar-refractivity contribution in [2.45, 2.75) is 45.6 Å². The van der Waals surface area contributed by atoms with E-state index < -0.39 is 0 Å². The molecule has 0 saturated heterocycles. The quantitative estimate of drug-likeness (QED) is 0.548. The second-order valence-corrected chi connectivity index (χ2v) is 4.73. The fourth-order valence-electron chi connectivity index (χ4n) is 1.74. The van der Waals surface area contributed by atoms with Crippen molar-refractivity contribution in [3.05, 3.63) is 30.1 Å². The third kappa shape index (κ3) is 5.24. The standard InChI is InChI=1S/C13H23N3/c1-11(2)3-5-13(16-14)6-4-12-7-9-15-10-8-12/h7-11,13,16H,3-6,14H2,1-2H3. The van der Waals surface area contributed by atoms with Gasteiger partial charge in [0.25, 0.3) is 0 Å². The molecule has 0 saturated carbocycles. The van der Waals surface area contributed by atoms with Crippen LogP contribution in [0.5, 0.6) is 0 Å². The number of nitrogens with zero attached hydrogens (tertiary/aromatic N) is 1. The molecular formula is C13H23N3. The molecule has 0 bridgehead atoms. The second kappa shape index (κ2) is 7.36. The smallest absolute Gasteiger partial charge is 0.0270 e. The van der Waals surface area contributed by atoms with E-state index in [2.05, 4.69) is 36.4 Å². The van der Waals surface area contributed by atoms with Gasteiger partial charge in [-0.1, -0.05) is 13.8 Å². The highest BCUT2D eigenvalue weighted by atomic mass is 15.2. The van der Waals surface area contributed by atoms with Crippen molar-refractivity contribution in [2.24, 2.45) is 11.8 Å². The lowest BCUT2D eigenvalue weighted by Gasteiger charge is -2.16. The van der Waals surface area contributed by atoms with Crippen LogP contribution in [0.25, 0.3) is 0 Å². The van der Waals surface area contributed by atoms with E-state index in [1.807, 2.05) is 12.4 Å². The Morgan fingerprint density at radius 2 is 1.88 bits per heavy atom. The second-order valence-electron chi connectivity index (χ2n) is 4.73. The van der Waals surface area contributed by atoms with Crippen molar-refractivity contribution < 1.29 is 0 Å². The first-order valence-corrected chi connectivity index (χ1v) is 6.07. The maximum absolute atomic E-state index is 5.56. The van der Waals surface area contributed by atoms with E-state index in [9.17, 15) is 0 Å². The number of nitrogens with two attached hydrogens (primary N) is 1. The van der Waals surface area contributed by atoms with Gasteiger partial charge < -0.3 is 0 Å². The first-order chi connectivity index (χ1) is 7.72. The van der Waals surface area contributed by atoms with Crippen LogP contribution in [0.2, 0.25) is 0 Å². The summed E-state index contributed by atoms with van der Waals surface area (Å²) in [5, 5.41) is 0. The van der Waals surface area contributed by atoms with E-state index in [1.54, 1.807) is 0 Å². The molecule has 0 aromatic carbocycles. The first-order valence-electron chi connectivity index (χ1n) is 6.07. The van der Waals surface area contributed by atoms with Gasteiger partial charge in [-0.05, 0) is 49.3 Å². The molecule has 0 aliphatic heterocycles. The van der Waals surface area contributed by atoms with E-state index in [1.165, 1.54) is 12.0 Å². The van der Waals surface area contributed by atoms with Gasteiger partial charge in [0.15, 0.2) is 0 Å². The maximum Gasteiger partial charge on any atom is 0.0270 e. The molecule has 0 amide bonds. The van der Waals surface area contributed by atoms with Gasteiger partial charge in [-0.15, -0.1) is 0 Å². The molecule has 0 spiro atoms. The Hall–Kier alpha value is -0.930. The summed E-state index contributed by atoms with van der Waals surface area (Å²) in [4.78, 5) is 4.01. The van der Waals surface area contributed by atoms with Crippen LogP contribution < -0.4 is 11.3 Å². The number of nitrogens with one attached hydrogen (secondary N) is 1. The van der Waals surface area contributed by atoms with Crippen LogP contribution in [0.3, 0.4) is 0 Å². The summed E-state index contributed by atoms with van der Waals surface area (Å²) in [5.74, 6) is 6.31. The highest BCUT2D eigenvalue weighted by molar-refractivity contribution is 5.09. The van der Waals surface area contributed by atoms with Gasteiger partial charge in [-0.2, -0.15) is 0 Å². The lowest BCUT2D eigenvalue weighted by molar-refractivity contribution is 0.416. The predicted octanol–water partition coefficient (Wildman–Crippen LogP) is 2.28. The van der Waals surface area contributed by atoms with Gasteiger partial charge in [0.2, 0.25) is 0 Å². The van der Waals surface area contributed by atoms with E-state index in [0.29, 0.717) is 6.04 Å². The highest BCUT2D eigenvalue weighted by Gasteiger charge is 2.07. The monoisotopic (exact) mass is 221 g/mol. The van der Waals surface area contributed by atoms with Gasteiger partial charge >= 0.3 is 0 Å². The molecule has 16 heavy (non-hydrogen) atoms. The molecule has 1 atom stereocenters. The van der Waals surface area contributed by atoms with Crippen LogP contribution in [0, 0.1) is 5.92 Å². The van der Waals surface area contributed by atoms with Crippen molar-refractivity contribution in [1.82, 2.24) is 10.4 Å². The Morgan fingerprint density at radius 3 is 2.44 bits per heavy atom. The summed E-state index contributed by atoms with van der Waals surface area (Å²) in [6.07, 6.45) is 8.22. The average molecular weight is 221 g/mol. The lowest BCUT2D eigenvalue weighted by atomic mass is 9.99. The van der Waals surface area contributed by atoms with Crippen molar-refractivity contribution in [2.75, 3.05) is 0 Å². The van der Waals surface area contributed by atoms with Crippen LogP contribution in [0.4, 0.5) is 0 Å². The SMILES string of the molecule is CC(C)CCC(CCc1ccncc1)NN. The van der Waals surface area contributed by atoms with Crippen molar-refractivity contribution >= 4 is 0 Å². The molecule has 3 nitrogen and oxygen atoms in total. The van der Waals surface area contributed by atoms with Gasteiger partial charge in [0.05, 0.1) is 0 Å². The highest BCUT2D eigenvalue weighted by Crippen LogP contribution is 2.11. The molecule has 0 aliphatic carbocycles. The summed E-state index contributed by atoms with van der Waals surface area (Å²) in [7, 11) is 0. The Bertz CT molecular complexity index is 272. The van der Waals surface area contributed by atoms with Crippen LogP contribution >= 0.6 is 0 Å². The number of pyridine rings is 1. The third-order valence-electron chi connectivity index (χ3n) is 2.86. The van der Waals surface area contributed by atoms with Gasteiger partial charge in [0, 0.05) is 18.4 Å². The van der Waals surface area contributed by atoms with E-state index >= 15 is 0 Å². The number of rotatable bonds is 7. The summed E-state index contributed by atoms with van der Waals surface area (Å²) < 4.78 is 0. The fraction of sp³-hybridized carbons (Fsp3) is 0.615. The molecule has 90 valence electrons. The zero-order valence-electron chi connectivity index (χ0n) is 10.3. The van der Waals surface area contributed by atoms with Gasteiger partial charge in [-0.25, -0.2) is 0 Å². The van der Waals surface area contributed by atoms with Gasteiger partial charge in [-0.3, -0.25) is 16.3 Å². The summed E-state index contributed by atoms with van der Waals surface area (Å²) in [6.45, 7) is 4.49. The zero-order valence-corrected chi connectivity index (χ0v) is 10.3. The molecule has 1 aromatic rings. The Labute approximate surface area is 98.4 Å². The number of hydrogen-bond donors (Lipinski definition) is 2. The van der Waals surface area contributed by atoms with Crippen LogP contribution in [0.1, 0.15) is 38.7 Å². The molecule has 1 aromatic heterocycles. The number of hydrogen-bond acceptors (Lipinski definition) is 3. The van der Waals surface area contributed by atoms with E-state index in [-0.39, 0.29) is 0 Å². The molecule has 3 heteroatoms. The minimum Gasteiger partial charge on any atom is -0.271 e. The molecular weight excluding hydrogens is 198 g/mol. The molecule has 0 radical (unpaired) electrons. The molecule has 1 heterocycles. The summed E-state index contributed by atoms with van der Waals surface area (Å²) >= 11 is 0. The van der Waals surface area contributed by atoms with Crippen LogP contribution in [0.15, 0.2) is 24.5 Å². The van der Waals surface area contributed by atoms with E-state index in [0.717, 1.165) is 25.2 Å². The third-order valence-corrected chi connectivity index (χ3v) is 2.86. The Balaban J connectivity index is 2.28. The molecule has 0 fully saturated rings. The number of aryl methyl sites for hydroxylation is 1. The Morgan fingerprint density at radius 1 is 1.19 bits per heavy atom. The number of hydrazine groups is 1. The van der Waals surface area contributed by atoms with Crippen LogP contribution in [-0.2, 0) is 6.42 Å². The Kier molecular flexibility index (Phi) is 6.04. The van der Waals surface area contributed by atoms with Crippen LogP contribution in [-0.4, -0.2) is 11.0 Å². The lowest BCUT2D eigenvalue weighted by Crippen LogP contribution is -2.35. The topological polar surface area (TPSA) is 50.9 Å². The maximum atomic E-state index is 5.56. The molecule has 0 aliphatic rings. The fourth-order valence-corrected chi connectivity index (χ4v) is 1.74. The predicted molar refractivity (Wildman–Crippen MR) is 67.7 cm³/mol. The largest absolute Gasteiger partial charge is 0.271 e. The number of aromatic nitrogens is 1. The molecule has 1 rings (SSSR count). The summed E-state index contributed by atoms with van der Waals surface area (Å²) in [5.41, 5.74) is 4.25. The van der Waals surface area contributed by atoms with Crippen molar-refractivity contribution in [3.8, 4) is 0 Å². The van der Waals surface area contributed by atoms with Crippen molar-refractivity contribution in [3.63, 3.8) is 0 Å². The average Bonchev–Trinajstić information content (AvgIpc) is 2.30. The first kappa shape index (κ1) is 13.1. The van der Waals surface area contributed by atoms with E-state index in [4.69, 9.17) is 5.84 Å². The molecule has 1 unspecified atom stereocenters. The summed E-state index contributed by atoms with van der Waals surface area (Å²) in [6, 6.07) is 4.56. The van der Waals surface area contributed by atoms with Crippen molar-refractivity contribution in [1.29, 1.82) is 0 Å².